The van der Waals surface area contributed by atoms with Gasteiger partial charge in [0.2, 0.25) is 5.91 Å². The van der Waals surface area contributed by atoms with Crippen LogP contribution in [-0.2, 0) is 4.79 Å². The van der Waals surface area contributed by atoms with E-state index in [4.69, 9.17) is 5.73 Å². The van der Waals surface area contributed by atoms with Crippen molar-refractivity contribution in [2.45, 2.75) is 30.1 Å². The third-order valence-corrected chi connectivity index (χ3v) is 7.48. The summed E-state index contributed by atoms with van der Waals surface area (Å²) in [4.78, 5) is 20.2. The lowest BCUT2D eigenvalue weighted by atomic mass is 9.80. The maximum Gasteiger partial charge on any atom is 0.225 e. The fraction of sp³-hybridized carbons (Fsp3) is 0.179. The van der Waals surface area contributed by atoms with E-state index in [2.05, 4.69) is 16.9 Å². The van der Waals surface area contributed by atoms with Gasteiger partial charge in [-0.15, -0.1) is 11.8 Å². The summed E-state index contributed by atoms with van der Waals surface area (Å²) in [7, 11) is 0. The molecule has 0 aliphatic rings. The maximum absolute atomic E-state index is 13.9. The first-order valence-electron chi connectivity index (χ1n) is 11.5. The Morgan fingerprint density at radius 3 is 2.00 bits per heavy atom. The van der Waals surface area contributed by atoms with Crippen LogP contribution in [0.3, 0.4) is 0 Å². The number of nitrogens with two attached hydrogens (primary N) is 1. The molecule has 2 aromatic heterocycles. The van der Waals surface area contributed by atoms with Crippen LogP contribution < -0.4 is 5.73 Å². The number of nitrogens with one attached hydrogen (secondary N) is 2. The highest BCUT2D eigenvalue weighted by Gasteiger charge is 2.30. The monoisotopic (exact) mass is 489 g/mol. The van der Waals surface area contributed by atoms with E-state index in [0.717, 1.165) is 38.1 Å². The first-order valence-corrected chi connectivity index (χ1v) is 12.5. The lowest BCUT2D eigenvalue weighted by Crippen LogP contribution is -2.24. The van der Waals surface area contributed by atoms with Crippen molar-refractivity contribution in [1.29, 1.82) is 0 Å². The predicted octanol–water partition coefficient (Wildman–Crippen LogP) is 6.83. The van der Waals surface area contributed by atoms with Gasteiger partial charge in [0.15, 0.2) is 0 Å². The summed E-state index contributed by atoms with van der Waals surface area (Å²) in [5.74, 6) is -1.00. The first-order chi connectivity index (χ1) is 17.0. The van der Waals surface area contributed by atoms with Crippen LogP contribution in [-0.4, -0.2) is 21.6 Å². The van der Waals surface area contributed by atoms with E-state index in [1.165, 1.54) is 24.3 Å². The van der Waals surface area contributed by atoms with Crippen LogP contribution in [0.2, 0.25) is 0 Å². The van der Waals surface area contributed by atoms with E-state index < -0.39 is 11.8 Å². The molecule has 1 unspecified atom stereocenters. The summed E-state index contributed by atoms with van der Waals surface area (Å²) in [6, 6.07) is 17.1. The summed E-state index contributed by atoms with van der Waals surface area (Å²) in [5, 5.41) is 1.74. The minimum atomic E-state index is -0.550. The van der Waals surface area contributed by atoms with E-state index in [1.807, 2.05) is 36.7 Å². The number of amides is 1. The van der Waals surface area contributed by atoms with Crippen LogP contribution in [0.25, 0.3) is 21.8 Å². The van der Waals surface area contributed by atoms with Gasteiger partial charge < -0.3 is 15.7 Å². The molecule has 35 heavy (non-hydrogen) atoms. The molecule has 0 aliphatic heterocycles. The zero-order valence-electron chi connectivity index (χ0n) is 19.1. The Bertz CT molecular complexity index is 1440. The molecule has 0 saturated heterocycles. The predicted molar refractivity (Wildman–Crippen MR) is 138 cm³/mol. The second kappa shape index (κ2) is 9.58. The lowest BCUT2D eigenvalue weighted by molar-refractivity contribution is -0.119. The molecule has 0 spiro atoms. The van der Waals surface area contributed by atoms with Gasteiger partial charge in [-0.2, -0.15) is 0 Å². The molecule has 0 saturated carbocycles. The van der Waals surface area contributed by atoms with Crippen LogP contribution in [0, 0.1) is 11.6 Å². The SMILES string of the molecule is CCSc1ccccc1C(CC(c1c[nH]c2cc(F)ccc12)c1c[nH]c2cc(F)ccc12)C(N)=O. The molecule has 5 rings (SSSR count). The molecule has 0 fully saturated rings. The van der Waals surface area contributed by atoms with E-state index in [-0.39, 0.29) is 17.6 Å². The van der Waals surface area contributed by atoms with Crippen LogP contribution in [0.15, 0.2) is 78.0 Å². The average molecular weight is 490 g/mol. The molecule has 0 aliphatic carbocycles. The molecular weight excluding hydrogens is 464 g/mol. The molecule has 5 aromatic rings. The van der Waals surface area contributed by atoms with Crippen LogP contribution in [0.1, 0.15) is 41.9 Å². The van der Waals surface area contributed by atoms with Gasteiger partial charge in [0.1, 0.15) is 11.6 Å². The summed E-state index contributed by atoms with van der Waals surface area (Å²) < 4.78 is 27.8. The minimum absolute atomic E-state index is 0.259. The Kier molecular flexibility index (Phi) is 6.34. The topological polar surface area (TPSA) is 74.7 Å². The summed E-state index contributed by atoms with van der Waals surface area (Å²) in [6.07, 6.45) is 4.13. The highest BCUT2D eigenvalue weighted by Crippen LogP contribution is 2.42. The number of carbonyl (C=O) groups is 1. The Hall–Kier alpha value is -3.58. The van der Waals surface area contributed by atoms with Gasteiger partial charge in [-0.3, -0.25) is 4.79 Å². The number of benzene rings is 3. The maximum atomic E-state index is 13.9. The highest BCUT2D eigenvalue weighted by atomic mass is 32.2. The average Bonchev–Trinajstić information content (AvgIpc) is 3.44. The number of carbonyl (C=O) groups excluding carboxylic acids is 1. The zero-order valence-corrected chi connectivity index (χ0v) is 20.0. The number of hydrogen-bond acceptors (Lipinski definition) is 2. The lowest BCUT2D eigenvalue weighted by Gasteiger charge is -2.24. The van der Waals surface area contributed by atoms with Crippen molar-refractivity contribution in [1.82, 2.24) is 9.97 Å². The Balaban J connectivity index is 1.68. The van der Waals surface area contributed by atoms with Crippen LogP contribution >= 0.6 is 11.8 Å². The normalized spacial score (nSPS) is 12.6. The number of primary amides is 1. The van der Waals surface area contributed by atoms with Gasteiger partial charge in [0.25, 0.3) is 0 Å². The number of halogens is 2. The van der Waals surface area contributed by atoms with Crippen LogP contribution in [0.5, 0.6) is 0 Å². The molecule has 2 heterocycles. The highest BCUT2D eigenvalue weighted by molar-refractivity contribution is 7.99. The molecule has 3 aromatic carbocycles. The Morgan fingerprint density at radius 2 is 1.46 bits per heavy atom. The molecule has 1 amide bonds. The third kappa shape index (κ3) is 4.44. The van der Waals surface area contributed by atoms with Crippen molar-refractivity contribution < 1.29 is 13.6 Å². The van der Waals surface area contributed by atoms with Crippen molar-refractivity contribution in [2.24, 2.45) is 5.73 Å². The van der Waals surface area contributed by atoms with E-state index in [0.29, 0.717) is 17.5 Å². The van der Waals surface area contributed by atoms with Crippen molar-refractivity contribution in [3.63, 3.8) is 0 Å². The fourth-order valence-electron chi connectivity index (χ4n) is 4.93. The van der Waals surface area contributed by atoms with Gasteiger partial charge >= 0.3 is 0 Å². The number of aromatic amines is 2. The molecule has 0 radical (unpaired) electrons. The molecule has 0 bridgehead atoms. The Morgan fingerprint density at radius 1 is 0.886 bits per heavy atom. The van der Waals surface area contributed by atoms with E-state index >= 15 is 0 Å². The molecular formula is C28H25F2N3OS. The van der Waals surface area contributed by atoms with Crippen molar-refractivity contribution >= 4 is 39.5 Å². The van der Waals surface area contributed by atoms with Crippen LogP contribution in [0.4, 0.5) is 8.78 Å². The standard InChI is InChI=1S/C28H25F2N3OS/c1-2-35-27-6-4-3-5-20(27)22(28(31)34)13-21(23-14-32-25-11-16(29)7-9-18(23)25)24-15-33-26-12-17(30)8-10-19(24)26/h3-12,14-15,21-22,32-33H,2,13H2,1H3,(H2,31,34). The zero-order chi connectivity index (χ0) is 24.5. The van der Waals surface area contributed by atoms with Gasteiger partial charge in [-0.25, -0.2) is 8.78 Å². The fourth-order valence-corrected chi connectivity index (χ4v) is 5.79. The number of fused-ring (bicyclic) bond motifs is 2. The largest absolute Gasteiger partial charge is 0.369 e. The summed E-state index contributed by atoms with van der Waals surface area (Å²) in [6.45, 7) is 2.07. The Labute approximate surface area is 205 Å². The second-order valence-electron chi connectivity index (χ2n) is 8.58. The number of thioether (sulfide) groups is 1. The van der Waals surface area contributed by atoms with Gasteiger partial charge in [0.05, 0.1) is 5.92 Å². The smallest absolute Gasteiger partial charge is 0.225 e. The van der Waals surface area contributed by atoms with E-state index in [9.17, 15) is 13.6 Å². The van der Waals surface area contributed by atoms with Gasteiger partial charge in [0, 0.05) is 45.0 Å². The van der Waals surface area contributed by atoms with Gasteiger partial charge in [-0.05, 0) is 71.3 Å². The van der Waals surface area contributed by atoms with Crippen molar-refractivity contribution in [2.75, 3.05) is 5.75 Å². The second-order valence-corrected chi connectivity index (χ2v) is 9.89. The number of rotatable bonds is 8. The molecule has 4 N–H and O–H groups in total. The minimum Gasteiger partial charge on any atom is -0.369 e. The number of aromatic nitrogens is 2. The quantitative estimate of drug-likeness (QED) is 0.209. The van der Waals surface area contributed by atoms with Crippen molar-refractivity contribution in [3.05, 3.63) is 101 Å². The molecule has 1 atom stereocenters. The molecule has 7 heteroatoms. The first kappa shape index (κ1) is 23.2. The van der Waals surface area contributed by atoms with Gasteiger partial charge in [-0.1, -0.05) is 25.1 Å². The number of H-pyrrole nitrogens is 2. The molecule has 178 valence electrons. The van der Waals surface area contributed by atoms with E-state index in [1.54, 1.807) is 23.9 Å². The number of hydrogen-bond donors (Lipinski definition) is 3. The summed E-state index contributed by atoms with van der Waals surface area (Å²) >= 11 is 1.67. The molecule has 4 nitrogen and oxygen atoms in total. The summed E-state index contributed by atoms with van der Waals surface area (Å²) in [5.41, 5.74) is 10.1. The van der Waals surface area contributed by atoms with Crippen molar-refractivity contribution in [3.8, 4) is 0 Å². The third-order valence-electron chi connectivity index (χ3n) is 6.51.